The van der Waals surface area contributed by atoms with E-state index in [1.54, 1.807) is 24.0 Å². The lowest BCUT2D eigenvalue weighted by atomic mass is 10.0. The number of aliphatic hydroxyl groups is 1. The average molecular weight is 624 g/mol. The van der Waals surface area contributed by atoms with Gasteiger partial charge in [-0.15, -0.1) is 0 Å². The minimum atomic E-state index is -3.94. The van der Waals surface area contributed by atoms with Gasteiger partial charge < -0.3 is 24.4 Å². The van der Waals surface area contributed by atoms with Crippen molar-refractivity contribution in [2.24, 2.45) is 5.92 Å². The number of hydrogen-bond acceptors (Lipinski definition) is 7. The Balaban J connectivity index is 2.00. The molecule has 0 fully saturated rings. The molecule has 9 nitrogen and oxygen atoms in total. The molecule has 3 rings (SSSR count). The molecule has 0 spiro atoms. The van der Waals surface area contributed by atoms with Crippen LogP contribution in [0.25, 0.3) is 0 Å². The molecule has 4 atom stereocenters. The van der Waals surface area contributed by atoms with Crippen LogP contribution in [0.4, 0.5) is 5.69 Å². The van der Waals surface area contributed by atoms with Gasteiger partial charge in [0.25, 0.3) is 15.9 Å². The van der Waals surface area contributed by atoms with E-state index in [0.717, 1.165) is 38.8 Å². The first-order valence-electron chi connectivity index (χ1n) is 14.8. The maximum absolute atomic E-state index is 14.2. The molecule has 1 heterocycles. The zero-order valence-electron chi connectivity index (χ0n) is 25.4. The number of carbonyl (C=O) groups excluding carboxylic acids is 1. The van der Waals surface area contributed by atoms with E-state index in [0.29, 0.717) is 23.9 Å². The van der Waals surface area contributed by atoms with Crippen molar-refractivity contribution < 1.29 is 27.8 Å². The summed E-state index contributed by atoms with van der Waals surface area (Å²) in [5, 5.41) is 10.5. The number of halogens is 1. The molecule has 0 radical (unpaired) electrons. The van der Waals surface area contributed by atoms with Gasteiger partial charge in [0.05, 0.1) is 35.3 Å². The van der Waals surface area contributed by atoms with Crippen LogP contribution in [0.2, 0.25) is 5.02 Å². The lowest BCUT2D eigenvalue weighted by Crippen LogP contribution is -2.47. The van der Waals surface area contributed by atoms with Crippen molar-refractivity contribution in [3.05, 3.63) is 53.1 Å². The quantitative estimate of drug-likeness (QED) is 0.391. The minimum absolute atomic E-state index is 0.0277. The molecule has 2 aromatic carbocycles. The van der Waals surface area contributed by atoms with Crippen LogP contribution >= 0.6 is 11.6 Å². The summed E-state index contributed by atoms with van der Waals surface area (Å²) >= 11 is 5.93. The van der Waals surface area contributed by atoms with Gasteiger partial charge in [0, 0.05) is 36.3 Å². The van der Waals surface area contributed by atoms with E-state index in [2.05, 4.69) is 30.5 Å². The van der Waals surface area contributed by atoms with Crippen molar-refractivity contribution in [2.75, 3.05) is 44.6 Å². The van der Waals surface area contributed by atoms with Gasteiger partial charge in [0.2, 0.25) is 0 Å². The van der Waals surface area contributed by atoms with E-state index >= 15 is 0 Å². The number of ether oxygens (including phenoxy) is 2. The number of aliphatic hydroxyl groups excluding tert-OH is 1. The first-order chi connectivity index (χ1) is 19.9. The van der Waals surface area contributed by atoms with Crippen LogP contribution in [0.5, 0.6) is 5.75 Å². The number of hydrogen-bond donors (Lipinski definition) is 2. The van der Waals surface area contributed by atoms with Crippen LogP contribution in [-0.2, 0) is 14.8 Å². The Morgan fingerprint density at radius 3 is 2.55 bits per heavy atom. The number of rotatable bonds is 9. The number of nitrogens with zero attached hydrogens (tertiary/aromatic N) is 2. The molecule has 11 heteroatoms. The largest absolute Gasteiger partial charge is 0.490 e. The van der Waals surface area contributed by atoms with Crippen molar-refractivity contribution >= 4 is 33.2 Å². The highest BCUT2D eigenvalue weighted by Crippen LogP contribution is 2.29. The Kier molecular flexibility index (Phi) is 12.9. The van der Waals surface area contributed by atoms with Crippen LogP contribution in [0.1, 0.15) is 63.7 Å². The van der Waals surface area contributed by atoms with Crippen LogP contribution < -0.4 is 9.46 Å². The first kappa shape index (κ1) is 34.1. The third-order valence-corrected chi connectivity index (χ3v) is 9.17. The topological polar surface area (TPSA) is 108 Å². The summed E-state index contributed by atoms with van der Waals surface area (Å²) in [6.45, 7) is 10.4. The summed E-state index contributed by atoms with van der Waals surface area (Å²) in [6, 6.07) is 10.1. The molecule has 42 heavy (non-hydrogen) atoms. The Morgan fingerprint density at radius 1 is 1.17 bits per heavy atom. The van der Waals surface area contributed by atoms with Crippen molar-refractivity contribution in [3.63, 3.8) is 0 Å². The maximum atomic E-state index is 14.2. The second-order valence-corrected chi connectivity index (χ2v) is 13.5. The molecule has 1 amide bonds. The molecular weight excluding hydrogens is 578 g/mol. The molecule has 2 aromatic rings. The molecule has 0 aliphatic carbocycles. The number of likely N-dealkylation sites (N-methyl/N-ethyl adjacent to an activating group) is 1. The number of nitrogens with one attached hydrogen (secondary N) is 1. The predicted octanol–water partition coefficient (Wildman–Crippen LogP) is 5.28. The molecule has 234 valence electrons. The molecule has 0 saturated heterocycles. The summed E-state index contributed by atoms with van der Waals surface area (Å²) in [7, 11) is -1.86. The highest BCUT2D eigenvalue weighted by molar-refractivity contribution is 7.92. The third-order valence-electron chi connectivity index (χ3n) is 7.52. The Morgan fingerprint density at radius 2 is 1.88 bits per heavy atom. The smallest absolute Gasteiger partial charge is 0.261 e. The Hall–Kier alpha value is -2.37. The predicted molar refractivity (Wildman–Crippen MR) is 167 cm³/mol. The monoisotopic (exact) mass is 623 g/mol. The van der Waals surface area contributed by atoms with Gasteiger partial charge in [-0.05, 0) is 95.6 Å². The second kappa shape index (κ2) is 15.9. The lowest BCUT2D eigenvalue weighted by molar-refractivity contribution is -0.0167. The summed E-state index contributed by atoms with van der Waals surface area (Å²) < 4.78 is 41.4. The first-order valence-corrected chi connectivity index (χ1v) is 16.6. The Bertz CT molecular complexity index is 1260. The van der Waals surface area contributed by atoms with Crippen LogP contribution in [0.15, 0.2) is 47.4 Å². The Labute approximate surface area is 256 Å². The summed E-state index contributed by atoms with van der Waals surface area (Å²) in [6.07, 6.45) is 3.32. The number of fused-ring (bicyclic) bond motifs is 1. The fourth-order valence-corrected chi connectivity index (χ4v) is 6.23. The summed E-state index contributed by atoms with van der Waals surface area (Å²) in [5.74, 6) is -0.00628. The van der Waals surface area contributed by atoms with Crippen LogP contribution in [0, 0.1) is 5.92 Å². The number of anilines is 1. The minimum Gasteiger partial charge on any atom is -0.490 e. The molecule has 0 aromatic heterocycles. The average Bonchev–Trinajstić information content (AvgIpc) is 2.94. The lowest BCUT2D eigenvalue weighted by Gasteiger charge is -2.35. The number of amides is 1. The van der Waals surface area contributed by atoms with Crippen LogP contribution in [0.3, 0.4) is 0 Å². The van der Waals surface area contributed by atoms with E-state index in [1.807, 2.05) is 6.92 Å². The SMILES string of the molecule is CCCN(C)C[C@H]1OCCCC[C@H](C)Oc2ccc(NS(=O)(=O)c3ccc(Cl)cc3)cc2C(=O)N([C@@H](C)CO)C[C@H]1C. The molecule has 0 unspecified atom stereocenters. The fourth-order valence-electron chi connectivity index (χ4n) is 5.06. The van der Waals surface area contributed by atoms with Gasteiger partial charge >= 0.3 is 0 Å². The molecule has 0 bridgehead atoms. The zero-order valence-corrected chi connectivity index (χ0v) is 27.0. The number of benzene rings is 2. The van der Waals surface area contributed by atoms with Crippen LogP contribution in [-0.4, -0.2) is 87.4 Å². The van der Waals surface area contributed by atoms with Crippen molar-refractivity contribution in [2.45, 2.75) is 76.5 Å². The van der Waals surface area contributed by atoms with Gasteiger partial charge in [0.15, 0.2) is 0 Å². The molecule has 1 aliphatic heterocycles. The summed E-state index contributed by atoms with van der Waals surface area (Å²) in [4.78, 5) is 18.1. The van der Waals surface area contributed by atoms with E-state index in [1.165, 1.54) is 30.3 Å². The van der Waals surface area contributed by atoms with Crippen molar-refractivity contribution in [1.29, 1.82) is 0 Å². The molecule has 2 N–H and O–H groups in total. The number of carbonyl (C=O) groups is 1. The fraction of sp³-hybridized carbons (Fsp3) is 0.581. The second-order valence-electron chi connectivity index (χ2n) is 11.3. The molecular formula is C31H46ClN3O6S. The van der Waals surface area contributed by atoms with E-state index in [4.69, 9.17) is 21.1 Å². The van der Waals surface area contributed by atoms with Gasteiger partial charge in [0.1, 0.15) is 5.75 Å². The molecule has 0 saturated carbocycles. The van der Waals surface area contributed by atoms with E-state index in [-0.39, 0.29) is 46.8 Å². The van der Waals surface area contributed by atoms with E-state index in [9.17, 15) is 18.3 Å². The zero-order chi connectivity index (χ0) is 30.9. The van der Waals surface area contributed by atoms with Crippen molar-refractivity contribution in [3.8, 4) is 5.75 Å². The highest BCUT2D eigenvalue weighted by Gasteiger charge is 2.30. The van der Waals surface area contributed by atoms with Gasteiger partial charge in [-0.3, -0.25) is 9.52 Å². The van der Waals surface area contributed by atoms with E-state index < -0.39 is 16.1 Å². The number of sulfonamides is 1. The highest BCUT2D eigenvalue weighted by atomic mass is 35.5. The normalized spacial score (nSPS) is 21.8. The standard InChI is InChI=1S/C31H46ClN3O6S/c1-6-16-34(5)20-30-22(2)19-35(23(3)21-36)31(37)28-18-26(33-42(38,39)27-13-10-25(32)11-14-27)12-15-29(28)41-24(4)9-7-8-17-40-30/h10-15,18,22-24,30,33,36H,6-9,16-17,19-21H2,1-5H3/t22-,23+,24+,30-/m1/s1. The molecule has 1 aliphatic rings. The van der Waals surface area contributed by atoms with Gasteiger partial charge in [-0.2, -0.15) is 0 Å². The third kappa shape index (κ3) is 9.57. The maximum Gasteiger partial charge on any atom is 0.261 e. The van der Waals surface area contributed by atoms with Crippen molar-refractivity contribution in [1.82, 2.24) is 9.80 Å². The van der Waals surface area contributed by atoms with Gasteiger partial charge in [-0.1, -0.05) is 25.4 Å². The van der Waals surface area contributed by atoms with Gasteiger partial charge in [-0.25, -0.2) is 8.42 Å². The summed E-state index contributed by atoms with van der Waals surface area (Å²) in [5.41, 5.74) is 0.449.